The Labute approximate surface area is 101 Å². The van der Waals surface area contributed by atoms with Gasteiger partial charge in [-0.05, 0) is 32.9 Å². The van der Waals surface area contributed by atoms with Crippen LogP contribution >= 0.6 is 0 Å². The van der Waals surface area contributed by atoms with Crippen molar-refractivity contribution in [2.24, 2.45) is 0 Å². The molecule has 8 heteroatoms. The summed E-state index contributed by atoms with van der Waals surface area (Å²) >= 11 is 0. The Kier molecular flexibility index (Phi) is 3.78. The molecule has 5 nitrogen and oxygen atoms in total. The van der Waals surface area contributed by atoms with Crippen LogP contribution in [-0.4, -0.2) is 21.9 Å². The van der Waals surface area contributed by atoms with Crippen molar-refractivity contribution in [2.75, 3.05) is 5.32 Å². The number of rotatable bonds is 1. The molecule has 1 N–H and O–H groups in total. The molecule has 0 fully saturated rings. The molecule has 0 saturated carbocycles. The normalized spacial score (nSPS) is 12.1. The molecule has 0 aliphatic heterocycles. The fraction of sp³-hybridized carbons (Fsp3) is 0.500. The Morgan fingerprint density at radius 1 is 1.22 bits per heavy atom. The van der Waals surface area contributed by atoms with E-state index in [1.807, 2.05) is 0 Å². The minimum Gasteiger partial charge on any atom is -0.444 e. The lowest BCUT2D eigenvalue weighted by molar-refractivity contribution is -0.141. The van der Waals surface area contributed by atoms with Crippen LogP contribution < -0.4 is 5.32 Å². The molecule has 0 aliphatic rings. The average molecular weight is 263 g/mol. The van der Waals surface area contributed by atoms with Gasteiger partial charge in [-0.25, -0.2) is 4.79 Å². The number of nitrogens with one attached hydrogen (secondary N) is 1. The molecule has 1 amide bonds. The Morgan fingerprint density at radius 3 is 2.22 bits per heavy atom. The summed E-state index contributed by atoms with van der Waals surface area (Å²) in [6.07, 6.45) is -5.37. The van der Waals surface area contributed by atoms with Gasteiger partial charge in [-0.2, -0.15) is 13.2 Å². The van der Waals surface area contributed by atoms with Crippen molar-refractivity contribution in [3.63, 3.8) is 0 Å². The summed E-state index contributed by atoms with van der Waals surface area (Å²) in [6, 6.07) is 1.72. The van der Waals surface area contributed by atoms with Gasteiger partial charge in [0.05, 0.1) is 0 Å². The van der Waals surface area contributed by atoms with Gasteiger partial charge in [-0.15, -0.1) is 10.2 Å². The predicted molar refractivity (Wildman–Crippen MR) is 56.9 cm³/mol. The van der Waals surface area contributed by atoms with E-state index in [1.165, 1.54) is 0 Å². The average Bonchev–Trinajstić information content (AvgIpc) is 2.13. The molecule has 0 spiro atoms. The number of ether oxygens (including phenoxy) is 1. The van der Waals surface area contributed by atoms with Gasteiger partial charge in [0.25, 0.3) is 0 Å². The number of halogens is 3. The van der Waals surface area contributed by atoms with Crippen molar-refractivity contribution in [3.05, 3.63) is 17.8 Å². The van der Waals surface area contributed by atoms with Crippen LogP contribution in [0.4, 0.5) is 23.8 Å². The van der Waals surface area contributed by atoms with Gasteiger partial charge < -0.3 is 4.74 Å². The summed E-state index contributed by atoms with van der Waals surface area (Å²) in [5, 5.41) is 8.36. The summed E-state index contributed by atoms with van der Waals surface area (Å²) in [5.74, 6) is -0.114. The smallest absolute Gasteiger partial charge is 0.435 e. The van der Waals surface area contributed by atoms with Gasteiger partial charge in [0.15, 0.2) is 11.5 Å². The van der Waals surface area contributed by atoms with Crippen LogP contribution in [0.5, 0.6) is 0 Å². The van der Waals surface area contributed by atoms with Crippen molar-refractivity contribution >= 4 is 11.9 Å². The number of aromatic nitrogens is 2. The van der Waals surface area contributed by atoms with E-state index in [1.54, 1.807) is 20.8 Å². The molecule has 1 heterocycles. The Bertz CT molecular complexity index is 423. The van der Waals surface area contributed by atoms with E-state index in [4.69, 9.17) is 4.74 Å². The molecule has 1 aromatic heterocycles. The van der Waals surface area contributed by atoms with Crippen LogP contribution in [0.15, 0.2) is 12.1 Å². The van der Waals surface area contributed by atoms with Crippen LogP contribution in [0.1, 0.15) is 26.5 Å². The Hall–Kier alpha value is -1.86. The molecule has 1 aromatic rings. The molecular formula is C10H12F3N3O2. The summed E-state index contributed by atoms with van der Waals surface area (Å²) in [5.41, 5.74) is -1.83. The third kappa shape index (κ3) is 4.56. The number of carbonyl (C=O) groups is 1. The molecule has 0 unspecified atom stereocenters. The summed E-state index contributed by atoms with van der Waals surface area (Å²) in [6.45, 7) is 4.97. The lowest BCUT2D eigenvalue weighted by Crippen LogP contribution is -2.27. The predicted octanol–water partition coefficient (Wildman–Crippen LogP) is 2.84. The maximum atomic E-state index is 12.2. The summed E-state index contributed by atoms with van der Waals surface area (Å²) in [4.78, 5) is 11.3. The first-order valence-electron chi connectivity index (χ1n) is 4.99. The molecule has 1 rings (SSSR count). The monoisotopic (exact) mass is 263 g/mol. The van der Waals surface area contributed by atoms with Crippen molar-refractivity contribution < 1.29 is 22.7 Å². The third-order valence-electron chi connectivity index (χ3n) is 1.58. The molecule has 0 bridgehead atoms. The zero-order valence-corrected chi connectivity index (χ0v) is 10.00. The number of anilines is 1. The van der Waals surface area contributed by atoms with Crippen LogP contribution in [0.3, 0.4) is 0 Å². The Balaban J connectivity index is 2.67. The number of hydrogen-bond acceptors (Lipinski definition) is 4. The van der Waals surface area contributed by atoms with Crippen LogP contribution in [0.25, 0.3) is 0 Å². The summed E-state index contributed by atoms with van der Waals surface area (Å²) in [7, 11) is 0. The third-order valence-corrected chi connectivity index (χ3v) is 1.58. The van der Waals surface area contributed by atoms with Crippen molar-refractivity contribution in [1.29, 1.82) is 0 Å². The highest BCUT2D eigenvalue weighted by atomic mass is 19.4. The first-order valence-corrected chi connectivity index (χ1v) is 4.99. The molecule has 0 radical (unpaired) electrons. The molecule has 0 aliphatic carbocycles. The number of hydrogen-bond donors (Lipinski definition) is 1. The lowest BCUT2D eigenvalue weighted by atomic mass is 10.2. The van der Waals surface area contributed by atoms with Gasteiger partial charge in [0.2, 0.25) is 0 Å². The second kappa shape index (κ2) is 4.79. The quantitative estimate of drug-likeness (QED) is 0.846. The number of alkyl halides is 3. The van der Waals surface area contributed by atoms with E-state index in [2.05, 4.69) is 15.5 Å². The van der Waals surface area contributed by atoms with Gasteiger partial charge in [0.1, 0.15) is 5.60 Å². The molecule has 100 valence electrons. The molecule has 0 aromatic carbocycles. The topological polar surface area (TPSA) is 64.1 Å². The van der Waals surface area contributed by atoms with Gasteiger partial charge in [-0.1, -0.05) is 0 Å². The maximum absolute atomic E-state index is 12.2. The van der Waals surface area contributed by atoms with Gasteiger partial charge in [0, 0.05) is 0 Å². The van der Waals surface area contributed by atoms with E-state index in [-0.39, 0.29) is 5.82 Å². The largest absolute Gasteiger partial charge is 0.444 e. The first kappa shape index (κ1) is 14.2. The van der Waals surface area contributed by atoms with Crippen molar-refractivity contribution in [3.8, 4) is 0 Å². The minimum absolute atomic E-state index is 0.114. The van der Waals surface area contributed by atoms with Gasteiger partial charge in [-0.3, -0.25) is 5.32 Å². The second-order valence-electron chi connectivity index (χ2n) is 4.43. The van der Waals surface area contributed by atoms with Crippen LogP contribution in [-0.2, 0) is 10.9 Å². The van der Waals surface area contributed by atoms with Gasteiger partial charge >= 0.3 is 12.3 Å². The maximum Gasteiger partial charge on any atom is 0.435 e. The fourth-order valence-corrected chi connectivity index (χ4v) is 0.958. The molecule has 0 saturated heterocycles. The molecular weight excluding hydrogens is 251 g/mol. The number of carbonyl (C=O) groups excluding carboxylic acids is 1. The molecule has 0 atom stereocenters. The zero-order chi connectivity index (χ0) is 14.0. The lowest BCUT2D eigenvalue weighted by Gasteiger charge is -2.19. The highest BCUT2D eigenvalue weighted by Crippen LogP contribution is 2.27. The number of nitrogens with zero attached hydrogens (tertiary/aromatic N) is 2. The number of amides is 1. The van der Waals surface area contributed by atoms with Crippen molar-refractivity contribution in [2.45, 2.75) is 32.5 Å². The van der Waals surface area contributed by atoms with E-state index in [0.29, 0.717) is 0 Å². The second-order valence-corrected chi connectivity index (χ2v) is 4.43. The van der Waals surface area contributed by atoms with E-state index < -0.39 is 23.6 Å². The SMILES string of the molecule is CC(C)(C)OC(=O)Nc1ccc(C(F)(F)F)nn1. The Morgan fingerprint density at radius 2 is 1.83 bits per heavy atom. The highest BCUT2D eigenvalue weighted by Gasteiger charge is 2.33. The zero-order valence-electron chi connectivity index (χ0n) is 10.00. The summed E-state index contributed by atoms with van der Waals surface area (Å²) < 4.78 is 41.5. The highest BCUT2D eigenvalue weighted by molar-refractivity contribution is 5.83. The van der Waals surface area contributed by atoms with Crippen LogP contribution in [0.2, 0.25) is 0 Å². The van der Waals surface area contributed by atoms with Crippen LogP contribution in [0, 0.1) is 0 Å². The standard InChI is InChI=1S/C10H12F3N3O2/c1-9(2,3)18-8(17)14-7-5-4-6(15-16-7)10(11,12)13/h4-5H,1-3H3,(H,14,16,17). The van der Waals surface area contributed by atoms with E-state index in [9.17, 15) is 18.0 Å². The van der Waals surface area contributed by atoms with Crippen molar-refractivity contribution in [1.82, 2.24) is 10.2 Å². The van der Waals surface area contributed by atoms with E-state index >= 15 is 0 Å². The molecule has 18 heavy (non-hydrogen) atoms. The minimum atomic E-state index is -4.56. The fourth-order valence-electron chi connectivity index (χ4n) is 0.958. The first-order chi connectivity index (χ1) is 8.08. The van der Waals surface area contributed by atoms with E-state index in [0.717, 1.165) is 12.1 Å².